The second-order valence-corrected chi connectivity index (χ2v) is 7.69. The molecule has 2 aromatic carbocycles. The van der Waals surface area contributed by atoms with Gasteiger partial charge < -0.3 is 10.2 Å². The number of hydrogen-bond donors (Lipinski definition) is 1. The number of nitrogens with zero attached hydrogens (tertiary/aromatic N) is 1. The summed E-state index contributed by atoms with van der Waals surface area (Å²) in [6.07, 6.45) is 2.56. The number of likely N-dealkylation sites (N-methyl/N-ethyl adjacent to an activating group) is 1. The summed E-state index contributed by atoms with van der Waals surface area (Å²) in [7, 11) is 2.02. The molecule has 3 nitrogen and oxygen atoms in total. The Morgan fingerprint density at radius 3 is 2.64 bits per heavy atom. The van der Waals surface area contributed by atoms with Crippen LogP contribution in [0, 0.1) is 0 Å². The number of carbonyl (C=O) groups is 1. The van der Waals surface area contributed by atoms with Gasteiger partial charge in [-0.1, -0.05) is 47.5 Å². The van der Waals surface area contributed by atoms with E-state index < -0.39 is 0 Å². The van der Waals surface area contributed by atoms with Gasteiger partial charge in [0.1, 0.15) is 0 Å². The normalized spacial score (nSPS) is 17.3. The molecule has 0 unspecified atom stereocenters. The van der Waals surface area contributed by atoms with Gasteiger partial charge in [0.15, 0.2) is 0 Å². The van der Waals surface area contributed by atoms with Gasteiger partial charge in [-0.3, -0.25) is 4.79 Å². The number of fused-ring (bicyclic) bond motifs is 1. The van der Waals surface area contributed by atoms with E-state index in [2.05, 4.69) is 36.2 Å². The molecular weight excluding hydrogens is 355 g/mol. The maximum absolute atomic E-state index is 12.6. The molecule has 1 amide bonds. The minimum absolute atomic E-state index is 0.0710. The Balaban J connectivity index is 1.94. The molecule has 0 saturated heterocycles. The molecule has 0 atom stereocenters. The first-order valence-electron chi connectivity index (χ1n) is 8.08. The van der Waals surface area contributed by atoms with Crippen LogP contribution in [-0.4, -0.2) is 23.4 Å². The summed E-state index contributed by atoms with van der Waals surface area (Å²) in [6.45, 7) is 4.34. The van der Waals surface area contributed by atoms with Gasteiger partial charge in [0.05, 0.1) is 10.7 Å². The number of amides is 1. The fraction of sp³-hybridized carbons (Fsp3) is 0.250. The minimum Gasteiger partial charge on any atom is -0.368 e. The van der Waals surface area contributed by atoms with Crippen molar-refractivity contribution in [2.24, 2.45) is 0 Å². The highest BCUT2D eigenvalue weighted by molar-refractivity contribution is 6.36. The van der Waals surface area contributed by atoms with Crippen molar-refractivity contribution in [1.29, 1.82) is 0 Å². The van der Waals surface area contributed by atoms with E-state index >= 15 is 0 Å². The highest BCUT2D eigenvalue weighted by Gasteiger charge is 2.33. The number of benzene rings is 2. The fourth-order valence-corrected chi connectivity index (χ4v) is 3.53. The third-order valence-electron chi connectivity index (χ3n) is 4.64. The van der Waals surface area contributed by atoms with Gasteiger partial charge in [-0.25, -0.2) is 0 Å². The van der Waals surface area contributed by atoms with Crippen molar-refractivity contribution in [3.63, 3.8) is 0 Å². The zero-order valence-electron chi connectivity index (χ0n) is 14.4. The summed E-state index contributed by atoms with van der Waals surface area (Å²) in [5.41, 5.74) is 3.70. The van der Waals surface area contributed by atoms with Crippen molar-refractivity contribution >= 4 is 40.5 Å². The van der Waals surface area contributed by atoms with E-state index in [1.54, 1.807) is 24.3 Å². The molecule has 5 heteroatoms. The third-order valence-corrected chi connectivity index (χ3v) is 5.19. The predicted molar refractivity (Wildman–Crippen MR) is 105 cm³/mol. The lowest BCUT2D eigenvalue weighted by molar-refractivity contribution is -0.111. The van der Waals surface area contributed by atoms with Crippen LogP contribution in [0.4, 0.5) is 5.69 Å². The number of anilines is 1. The summed E-state index contributed by atoms with van der Waals surface area (Å²) >= 11 is 12.0. The predicted octanol–water partition coefficient (Wildman–Crippen LogP) is 5.24. The highest BCUT2D eigenvalue weighted by atomic mass is 35.5. The molecule has 0 fully saturated rings. The average molecular weight is 375 g/mol. The number of halogens is 2. The van der Waals surface area contributed by atoms with E-state index in [1.165, 1.54) is 5.56 Å². The smallest absolute Gasteiger partial charge is 0.250 e. The highest BCUT2D eigenvalue weighted by Crippen LogP contribution is 2.36. The van der Waals surface area contributed by atoms with Crippen LogP contribution in [0.25, 0.3) is 5.70 Å². The van der Waals surface area contributed by atoms with E-state index in [1.807, 2.05) is 19.2 Å². The molecule has 130 valence electrons. The van der Waals surface area contributed by atoms with Gasteiger partial charge in [-0.05, 0) is 44.0 Å². The van der Waals surface area contributed by atoms with Gasteiger partial charge in [0.25, 0.3) is 5.91 Å². The molecule has 0 saturated carbocycles. The fourth-order valence-electron chi connectivity index (χ4n) is 3.07. The van der Waals surface area contributed by atoms with Gasteiger partial charge >= 0.3 is 0 Å². The van der Waals surface area contributed by atoms with E-state index in [9.17, 15) is 4.79 Å². The van der Waals surface area contributed by atoms with E-state index in [-0.39, 0.29) is 11.4 Å². The van der Waals surface area contributed by atoms with Crippen LogP contribution in [0.15, 0.2) is 48.5 Å². The Morgan fingerprint density at radius 2 is 1.92 bits per heavy atom. The van der Waals surface area contributed by atoms with Crippen LogP contribution in [0.3, 0.4) is 0 Å². The summed E-state index contributed by atoms with van der Waals surface area (Å²) in [5, 5.41) is 3.78. The number of rotatable bonds is 2. The Hall–Kier alpha value is -1.97. The van der Waals surface area contributed by atoms with Gasteiger partial charge in [0, 0.05) is 34.9 Å². The molecule has 25 heavy (non-hydrogen) atoms. The molecule has 3 rings (SSSR count). The zero-order chi connectivity index (χ0) is 18.2. The molecule has 1 aliphatic heterocycles. The lowest BCUT2D eigenvalue weighted by atomic mass is 9.84. The minimum atomic E-state index is -0.224. The van der Waals surface area contributed by atoms with Gasteiger partial charge in [0.2, 0.25) is 0 Å². The molecule has 0 radical (unpaired) electrons. The molecule has 0 aromatic heterocycles. The third kappa shape index (κ3) is 3.68. The molecule has 1 aliphatic rings. The number of nitrogens with one attached hydrogen (secondary N) is 1. The SMILES string of the molecule is CN1/C(=C/C(=O)Nc2ccc(Cl)cc2Cl)c2ccccc2CC1(C)C. The lowest BCUT2D eigenvalue weighted by Gasteiger charge is -2.44. The molecular formula is C20H20Cl2N2O. The number of carbonyl (C=O) groups excluding carboxylic acids is 1. The van der Waals surface area contributed by atoms with E-state index in [4.69, 9.17) is 23.2 Å². The van der Waals surface area contributed by atoms with Crippen molar-refractivity contribution < 1.29 is 4.79 Å². The Morgan fingerprint density at radius 1 is 1.20 bits per heavy atom. The van der Waals surface area contributed by atoms with Crippen LogP contribution < -0.4 is 5.32 Å². The molecule has 1 N–H and O–H groups in total. The standard InChI is InChI=1S/C20H20Cl2N2O/c1-20(2)12-13-6-4-5-7-15(13)18(24(20)3)11-19(25)23-17-9-8-14(21)10-16(17)22/h4-11H,12H2,1-3H3,(H,23,25)/b18-11+. The Labute approximate surface area is 158 Å². The summed E-state index contributed by atoms with van der Waals surface area (Å²) in [5.74, 6) is -0.224. The first-order valence-corrected chi connectivity index (χ1v) is 8.83. The zero-order valence-corrected chi connectivity index (χ0v) is 15.9. The van der Waals surface area contributed by atoms with Gasteiger partial charge in [-0.15, -0.1) is 0 Å². The number of hydrogen-bond acceptors (Lipinski definition) is 2. The molecule has 0 aliphatic carbocycles. The van der Waals surface area contributed by atoms with Crippen LogP contribution in [-0.2, 0) is 11.2 Å². The van der Waals surface area contributed by atoms with Gasteiger partial charge in [-0.2, -0.15) is 0 Å². The summed E-state index contributed by atoms with van der Waals surface area (Å²) in [4.78, 5) is 14.7. The summed E-state index contributed by atoms with van der Waals surface area (Å²) < 4.78 is 0. The quantitative estimate of drug-likeness (QED) is 0.728. The first kappa shape index (κ1) is 17.8. The van der Waals surface area contributed by atoms with Crippen LogP contribution in [0.1, 0.15) is 25.0 Å². The Kier molecular flexibility index (Phi) is 4.81. The maximum atomic E-state index is 12.6. The van der Waals surface area contributed by atoms with Crippen LogP contribution in [0.2, 0.25) is 10.0 Å². The second kappa shape index (κ2) is 6.74. The maximum Gasteiger partial charge on any atom is 0.250 e. The van der Waals surface area contributed by atoms with Crippen molar-refractivity contribution in [3.8, 4) is 0 Å². The second-order valence-electron chi connectivity index (χ2n) is 6.85. The topological polar surface area (TPSA) is 32.3 Å². The molecule has 2 aromatic rings. The van der Waals surface area contributed by atoms with Crippen molar-refractivity contribution in [1.82, 2.24) is 4.90 Å². The van der Waals surface area contributed by atoms with Crippen LogP contribution in [0.5, 0.6) is 0 Å². The van der Waals surface area contributed by atoms with Crippen molar-refractivity contribution in [2.45, 2.75) is 25.8 Å². The molecule has 0 spiro atoms. The molecule has 1 heterocycles. The van der Waals surface area contributed by atoms with Crippen molar-refractivity contribution in [3.05, 3.63) is 69.7 Å². The first-order chi connectivity index (χ1) is 11.8. The average Bonchev–Trinajstić information content (AvgIpc) is 2.54. The van der Waals surface area contributed by atoms with E-state index in [0.717, 1.165) is 17.7 Å². The van der Waals surface area contributed by atoms with Crippen molar-refractivity contribution in [2.75, 3.05) is 12.4 Å². The Bertz CT molecular complexity index is 859. The van der Waals surface area contributed by atoms with E-state index in [0.29, 0.717) is 15.7 Å². The monoisotopic (exact) mass is 374 g/mol. The lowest BCUT2D eigenvalue weighted by Crippen LogP contribution is -2.45. The molecule has 0 bridgehead atoms. The van der Waals surface area contributed by atoms with Crippen LogP contribution >= 0.6 is 23.2 Å². The largest absolute Gasteiger partial charge is 0.368 e. The summed E-state index contributed by atoms with van der Waals surface area (Å²) in [6, 6.07) is 13.2.